The van der Waals surface area contributed by atoms with Crippen LogP contribution in [-0.4, -0.2) is 31.5 Å². The minimum atomic E-state index is -0.498. The zero-order chi connectivity index (χ0) is 24.5. The lowest BCUT2D eigenvalue weighted by Crippen LogP contribution is -2.26. The summed E-state index contributed by atoms with van der Waals surface area (Å²) in [5.74, 6) is -0.0805. The second-order valence-electron chi connectivity index (χ2n) is 8.49. The number of para-hydroxylation sites is 2. The van der Waals surface area contributed by atoms with Crippen molar-refractivity contribution in [3.8, 4) is 22.7 Å². The fourth-order valence-electron chi connectivity index (χ4n) is 4.49. The van der Waals surface area contributed by atoms with E-state index < -0.39 is 6.04 Å². The molecule has 0 fully saturated rings. The molecule has 7 nitrogen and oxygen atoms in total. The maximum Gasteiger partial charge on any atom is 0.310 e. The molecule has 0 saturated heterocycles. The van der Waals surface area contributed by atoms with Gasteiger partial charge in [-0.05, 0) is 30.3 Å². The summed E-state index contributed by atoms with van der Waals surface area (Å²) in [5, 5.41) is 21.7. The van der Waals surface area contributed by atoms with E-state index >= 15 is 0 Å². The maximum atomic E-state index is 13.4. The summed E-state index contributed by atoms with van der Waals surface area (Å²) in [6.07, 6.45) is 3.81. The molecule has 6 rings (SSSR count). The van der Waals surface area contributed by atoms with Gasteiger partial charge in [-0.1, -0.05) is 66.7 Å². The van der Waals surface area contributed by atoms with Gasteiger partial charge in [0.25, 0.3) is 0 Å². The predicted molar refractivity (Wildman–Crippen MR) is 136 cm³/mol. The van der Waals surface area contributed by atoms with Gasteiger partial charge in [-0.2, -0.15) is 10.2 Å². The third-order valence-electron chi connectivity index (χ3n) is 6.24. The van der Waals surface area contributed by atoms with Gasteiger partial charge in [-0.25, -0.2) is 9.69 Å². The lowest BCUT2D eigenvalue weighted by molar-refractivity contribution is 0.0677. The minimum absolute atomic E-state index is 0.111. The number of phenolic OH excluding ortho intramolecular Hbond substituents is 1. The number of aromatic hydroxyl groups is 1. The van der Waals surface area contributed by atoms with E-state index in [2.05, 4.69) is 0 Å². The minimum Gasteiger partial charge on any atom is -0.508 e. The molecule has 0 unspecified atom stereocenters. The van der Waals surface area contributed by atoms with E-state index in [-0.39, 0.29) is 17.4 Å². The van der Waals surface area contributed by atoms with Crippen molar-refractivity contribution in [2.24, 2.45) is 5.10 Å². The van der Waals surface area contributed by atoms with E-state index in [4.69, 9.17) is 14.6 Å². The molecule has 0 spiro atoms. The van der Waals surface area contributed by atoms with E-state index in [9.17, 15) is 9.90 Å². The monoisotopic (exact) mass is 474 g/mol. The molecule has 0 radical (unpaired) electrons. The van der Waals surface area contributed by atoms with Crippen LogP contribution in [0.15, 0.2) is 119 Å². The van der Waals surface area contributed by atoms with Crippen molar-refractivity contribution in [2.45, 2.75) is 12.5 Å². The zero-order valence-electron chi connectivity index (χ0n) is 19.2. The van der Waals surface area contributed by atoms with Gasteiger partial charge < -0.3 is 9.52 Å². The smallest absolute Gasteiger partial charge is 0.310 e. The molecule has 1 aliphatic heterocycles. The molecule has 176 valence electrons. The molecule has 7 heteroatoms. The highest BCUT2D eigenvalue weighted by atomic mass is 16.3. The average Bonchev–Trinajstić information content (AvgIpc) is 3.69. The largest absolute Gasteiger partial charge is 0.508 e. The third-order valence-corrected chi connectivity index (χ3v) is 6.24. The standard InChI is InChI=1S/C29H22N4O3/c34-26-15-8-7-14-22(26)25-18-24(30-33(25)29(35)27-16-9-17-36-27)23-19-32(21-12-5-2-6-13-21)31-28(23)20-10-3-1-4-11-20/h1-17,19,25,34H,18H2/t25-/m1/s1. The number of benzene rings is 3. The van der Waals surface area contributed by atoms with Crippen LogP contribution >= 0.6 is 0 Å². The zero-order valence-corrected chi connectivity index (χ0v) is 19.2. The van der Waals surface area contributed by atoms with Crippen LogP contribution in [0.4, 0.5) is 0 Å². The number of nitrogens with zero attached hydrogens (tertiary/aromatic N) is 4. The quantitative estimate of drug-likeness (QED) is 0.347. The van der Waals surface area contributed by atoms with Gasteiger partial charge in [0.2, 0.25) is 0 Å². The fraction of sp³-hybridized carbons (Fsp3) is 0.0690. The van der Waals surface area contributed by atoms with Crippen molar-refractivity contribution in [1.29, 1.82) is 0 Å². The first-order chi connectivity index (χ1) is 17.7. The Labute approximate surface area is 207 Å². The van der Waals surface area contributed by atoms with Crippen molar-refractivity contribution in [1.82, 2.24) is 14.8 Å². The maximum absolute atomic E-state index is 13.4. The number of phenols is 1. The lowest BCUT2D eigenvalue weighted by Gasteiger charge is -2.21. The molecule has 5 aromatic rings. The second-order valence-corrected chi connectivity index (χ2v) is 8.49. The number of hydrazone groups is 1. The molecule has 36 heavy (non-hydrogen) atoms. The number of hydrogen-bond donors (Lipinski definition) is 1. The Kier molecular flexibility index (Phi) is 5.42. The van der Waals surface area contributed by atoms with Crippen molar-refractivity contribution in [3.63, 3.8) is 0 Å². The molecule has 1 N–H and O–H groups in total. The van der Waals surface area contributed by atoms with Crippen molar-refractivity contribution in [2.75, 3.05) is 0 Å². The van der Waals surface area contributed by atoms with Gasteiger partial charge >= 0.3 is 5.91 Å². The van der Waals surface area contributed by atoms with Crippen LogP contribution in [0.1, 0.15) is 34.1 Å². The number of aromatic nitrogens is 2. The number of carbonyl (C=O) groups excluding carboxylic acids is 1. The molecule has 0 aliphatic carbocycles. The fourth-order valence-corrected chi connectivity index (χ4v) is 4.49. The van der Waals surface area contributed by atoms with E-state index in [1.165, 1.54) is 11.3 Å². The molecular weight excluding hydrogens is 452 g/mol. The van der Waals surface area contributed by atoms with Gasteiger partial charge in [0, 0.05) is 29.3 Å². The Hall–Kier alpha value is -4.91. The van der Waals surface area contributed by atoms with Crippen LogP contribution in [0.3, 0.4) is 0 Å². The molecule has 3 aromatic carbocycles. The summed E-state index contributed by atoms with van der Waals surface area (Å²) in [6, 6.07) is 29.6. The predicted octanol–water partition coefficient (Wildman–Crippen LogP) is 5.83. The van der Waals surface area contributed by atoms with Crippen LogP contribution in [0.5, 0.6) is 5.75 Å². The van der Waals surface area contributed by atoms with Crippen LogP contribution in [0, 0.1) is 0 Å². The van der Waals surface area contributed by atoms with Gasteiger partial charge in [0.15, 0.2) is 5.76 Å². The Morgan fingerprint density at radius 2 is 1.61 bits per heavy atom. The normalized spacial score (nSPS) is 15.2. The van der Waals surface area contributed by atoms with Crippen molar-refractivity contribution < 1.29 is 14.3 Å². The number of rotatable bonds is 5. The van der Waals surface area contributed by atoms with E-state index in [1.54, 1.807) is 24.3 Å². The number of furan rings is 1. The molecule has 1 amide bonds. The number of hydrogen-bond acceptors (Lipinski definition) is 5. The molecule has 2 aromatic heterocycles. The Morgan fingerprint density at radius 3 is 2.33 bits per heavy atom. The Balaban J connectivity index is 1.48. The molecule has 0 saturated carbocycles. The van der Waals surface area contributed by atoms with Crippen LogP contribution in [0.25, 0.3) is 16.9 Å². The summed E-state index contributed by atoms with van der Waals surface area (Å²) in [5.41, 5.74) is 4.76. The summed E-state index contributed by atoms with van der Waals surface area (Å²) in [4.78, 5) is 13.4. The van der Waals surface area contributed by atoms with E-state index in [0.29, 0.717) is 17.7 Å². The summed E-state index contributed by atoms with van der Waals surface area (Å²) >= 11 is 0. The summed E-state index contributed by atoms with van der Waals surface area (Å²) in [6.45, 7) is 0. The van der Waals surface area contributed by atoms with Crippen LogP contribution in [-0.2, 0) is 0 Å². The first-order valence-electron chi connectivity index (χ1n) is 11.6. The topological polar surface area (TPSA) is 83.9 Å². The average molecular weight is 475 g/mol. The van der Waals surface area contributed by atoms with Crippen LogP contribution in [0.2, 0.25) is 0 Å². The van der Waals surface area contributed by atoms with E-state index in [1.807, 2.05) is 83.7 Å². The van der Waals surface area contributed by atoms with Crippen LogP contribution < -0.4 is 0 Å². The van der Waals surface area contributed by atoms with Gasteiger partial charge in [-0.3, -0.25) is 4.79 Å². The number of amides is 1. The molecular formula is C29H22N4O3. The first kappa shape index (κ1) is 21.6. The highest BCUT2D eigenvalue weighted by Gasteiger charge is 2.37. The highest BCUT2D eigenvalue weighted by molar-refractivity contribution is 6.08. The first-order valence-corrected chi connectivity index (χ1v) is 11.6. The summed E-state index contributed by atoms with van der Waals surface area (Å²) < 4.78 is 7.20. The molecule has 1 atom stereocenters. The van der Waals surface area contributed by atoms with E-state index in [0.717, 1.165) is 22.5 Å². The number of carbonyl (C=O) groups is 1. The molecule has 0 bridgehead atoms. The molecule has 3 heterocycles. The Morgan fingerprint density at radius 1 is 0.889 bits per heavy atom. The SMILES string of the molecule is O=C(c1ccco1)N1N=C(c2cn(-c3ccccc3)nc2-c2ccccc2)C[C@@H]1c1ccccc1O. The summed E-state index contributed by atoms with van der Waals surface area (Å²) in [7, 11) is 0. The Bertz CT molecular complexity index is 1540. The lowest BCUT2D eigenvalue weighted by atomic mass is 9.96. The molecule has 1 aliphatic rings. The second kappa shape index (κ2) is 9.03. The van der Waals surface area contributed by atoms with Gasteiger partial charge in [0.05, 0.1) is 23.7 Å². The van der Waals surface area contributed by atoms with Crippen molar-refractivity contribution >= 4 is 11.6 Å². The van der Waals surface area contributed by atoms with Gasteiger partial charge in [0.1, 0.15) is 11.4 Å². The van der Waals surface area contributed by atoms with Crippen molar-refractivity contribution in [3.05, 3.63) is 126 Å². The third kappa shape index (κ3) is 3.86. The van der Waals surface area contributed by atoms with Gasteiger partial charge in [-0.15, -0.1) is 0 Å². The highest BCUT2D eigenvalue weighted by Crippen LogP contribution is 2.39.